The molecule has 2 fully saturated rings. The predicted molar refractivity (Wildman–Crippen MR) is 136 cm³/mol. The van der Waals surface area contributed by atoms with E-state index in [0.29, 0.717) is 35.0 Å². The quantitative estimate of drug-likeness (QED) is 0.356. The Kier molecular flexibility index (Phi) is 7.04. The lowest BCUT2D eigenvalue weighted by Gasteiger charge is -2.16. The second kappa shape index (κ2) is 10.3. The lowest BCUT2D eigenvalue weighted by molar-refractivity contribution is -0.129. The second-order valence-corrected chi connectivity index (χ2v) is 10.3. The molecule has 0 radical (unpaired) electrons. The number of aliphatic hydroxyl groups is 1. The summed E-state index contributed by atoms with van der Waals surface area (Å²) in [6.07, 6.45) is 1.07. The third kappa shape index (κ3) is 5.07. The van der Waals surface area contributed by atoms with Crippen LogP contribution in [0, 0.1) is 25.6 Å². The summed E-state index contributed by atoms with van der Waals surface area (Å²) in [6, 6.07) is 2.05. The number of benzene rings is 1. The number of halogens is 2. The van der Waals surface area contributed by atoms with Crippen molar-refractivity contribution < 1.29 is 28.2 Å². The van der Waals surface area contributed by atoms with E-state index in [4.69, 9.17) is 4.74 Å². The molecule has 4 N–H and O–H groups in total. The fraction of sp³-hybridized carbons (Fsp3) is 0.481. The van der Waals surface area contributed by atoms with Gasteiger partial charge < -0.3 is 25.5 Å². The molecule has 5 rings (SSSR count). The number of ether oxygens (including phenoxy) is 1. The molecule has 0 spiro atoms. The standard InChI is InChI=1S/C27H31F2N5O4/c1-12-4-7-19(38-10-15-5-6-15)21(22(12)29)24-25-23(30-11-31-24)20(13(2)32-25)27(37)34-18-9-16(8-17(18)28)33-26(36)14(3)35/h4,7,11,14-18,32,35H,5-6,8-10H2,1-3H3,(H,33,36)(H,34,37)/t14-,16-,17+,18+/m0/s1. The van der Waals surface area contributed by atoms with Gasteiger partial charge in [0.2, 0.25) is 5.91 Å². The first-order valence-electron chi connectivity index (χ1n) is 12.8. The average molecular weight is 528 g/mol. The molecular formula is C27H31F2N5O4. The monoisotopic (exact) mass is 527 g/mol. The molecule has 2 aromatic heterocycles. The van der Waals surface area contributed by atoms with Gasteiger partial charge in [0.15, 0.2) is 0 Å². The molecule has 2 amide bonds. The van der Waals surface area contributed by atoms with Gasteiger partial charge in [-0.3, -0.25) is 9.59 Å². The van der Waals surface area contributed by atoms with E-state index in [0.717, 1.165) is 12.8 Å². The van der Waals surface area contributed by atoms with Crippen molar-refractivity contribution >= 4 is 22.8 Å². The summed E-state index contributed by atoms with van der Waals surface area (Å²) in [4.78, 5) is 36.9. The Morgan fingerprint density at radius 1 is 1.21 bits per heavy atom. The normalized spacial score (nSPS) is 21.9. The van der Waals surface area contributed by atoms with Crippen LogP contribution in [-0.2, 0) is 4.79 Å². The number of H-pyrrole nitrogens is 1. The number of aliphatic hydroxyl groups excluding tert-OH is 1. The number of nitrogens with one attached hydrogen (secondary N) is 3. The Labute approximate surface area is 218 Å². The third-order valence-electron chi connectivity index (χ3n) is 7.23. The number of rotatable bonds is 8. The number of alkyl halides is 1. The smallest absolute Gasteiger partial charge is 0.255 e. The maximum atomic E-state index is 15.5. The molecular weight excluding hydrogens is 496 g/mol. The summed E-state index contributed by atoms with van der Waals surface area (Å²) in [5, 5.41) is 14.7. The van der Waals surface area contributed by atoms with Crippen LogP contribution >= 0.6 is 0 Å². The van der Waals surface area contributed by atoms with E-state index in [9.17, 15) is 19.1 Å². The fourth-order valence-electron chi connectivity index (χ4n) is 4.90. The minimum atomic E-state index is -1.37. The van der Waals surface area contributed by atoms with Gasteiger partial charge in [-0.05, 0) is 57.6 Å². The number of carbonyl (C=O) groups excluding carboxylic acids is 2. The first kappa shape index (κ1) is 26.0. The van der Waals surface area contributed by atoms with Crippen LogP contribution in [-0.4, -0.2) is 62.8 Å². The van der Waals surface area contributed by atoms with Crippen LogP contribution in [0.2, 0.25) is 0 Å². The number of nitrogens with zero attached hydrogens (tertiary/aromatic N) is 2. The number of aromatic nitrogens is 3. The van der Waals surface area contributed by atoms with Crippen LogP contribution in [0.25, 0.3) is 22.3 Å². The third-order valence-corrected chi connectivity index (χ3v) is 7.23. The summed E-state index contributed by atoms with van der Waals surface area (Å²) >= 11 is 0. The van der Waals surface area contributed by atoms with Crippen molar-refractivity contribution in [1.82, 2.24) is 25.6 Å². The highest BCUT2D eigenvalue weighted by atomic mass is 19.1. The molecule has 4 atom stereocenters. The van der Waals surface area contributed by atoms with E-state index >= 15 is 4.39 Å². The molecule has 0 aliphatic heterocycles. The van der Waals surface area contributed by atoms with E-state index in [-0.39, 0.29) is 35.2 Å². The Hall–Kier alpha value is -3.60. The van der Waals surface area contributed by atoms with Crippen molar-refractivity contribution in [1.29, 1.82) is 0 Å². The summed E-state index contributed by atoms with van der Waals surface area (Å²) < 4.78 is 36.1. The highest BCUT2D eigenvalue weighted by Gasteiger charge is 2.37. The number of aryl methyl sites for hydroxylation is 2. The molecule has 9 nitrogen and oxygen atoms in total. The number of hydrogen-bond acceptors (Lipinski definition) is 6. The van der Waals surface area contributed by atoms with Gasteiger partial charge in [0.1, 0.15) is 41.4 Å². The topological polar surface area (TPSA) is 129 Å². The van der Waals surface area contributed by atoms with Gasteiger partial charge in [0, 0.05) is 18.2 Å². The molecule has 1 aromatic carbocycles. The van der Waals surface area contributed by atoms with Gasteiger partial charge in [-0.2, -0.15) is 0 Å². The highest BCUT2D eigenvalue weighted by Crippen LogP contribution is 2.39. The summed E-state index contributed by atoms with van der Waals surface area (Å²) in [6.45, 7) is 5.17. The van der Waals surface area contributed by atoms with Crippen LogP contribution in [0.3, 0.4) is 0 Å². The highest BCUT2D eigenvalue weighted by molar-refractivity contribution is 6.09. The Bertz CT molecular complexity index is 1390. The largest absolute Gasteiger partial charge is 0.492 e. The average Bonchev–Trinajstić information content (AvgIpc) is 3.55. The van der Waals surface area contributed by atoms with Crippen molar-refractivity contribution in [3.8, 4) is 17.0 Å². The molecule has 2 saturated carbocycles. The van der Waals surface area contributed by atoms with Gasteiger partial charge >= 0.3 is 0 Å². The SMILES string of the molecule is Cc1ccc(OCC2CC2)c(-c2ncnc3c(C(=O)N[C@@H]4C[C@@H](NC(=O)[C@H](C)O)C[C@H]4F)c(C)[nH]c23)c1F. The lowest BCUT2D eigenvalue weighted by Crippen LogP contribution is -2.41. The number of fused-ring (bicyclic) bond motifs is 1. The van der Waals surface area contributed by atoms with Crippen LogP contribution in [0.1, 0.15) is 54.2 Å². The molecule has 0 saturated heterocycles. The number of carbonyl (C=O) groups is 2. The zero-order chi connectivity index (χ0) is 27.1. The van der Waals surface area contributed by atoms with E-state index in [1.165, 1.54) is 13.3 Å². The molecule has 2 aliphatic carbocycles. The Morgan fingerprint density at radius 3 is 2.68 bits per heavy atom. The minimum Gasteiger partial charge on any atom is -0.492 e. The Morgan fingerprint density at radius 2 is 1.97 bits per heavy atom. The molecule has 0 bridgehead atoms. The molecule has 2 aliphatic rings. The van der Waals surface area contributed by atoms with E-state index in [1.54, 1.807) is 26.0 Å². The predicted octanol–water partition coefficient (Wildman–Crippen LogP) is 3.27. The Balaban J connectivity index is 1.43. The summed E-state index contributed by atoms with van der Waals surface area (Å²) in [5.41, 5.74) is 2.24. The number of amides is 2. The van der Waals surface area contributed by atoms with Gasteiger partial charge in [0.25, 0.3) is 5.91 Å². The zero-order valence-corrected chi connectivity index (χ0v) is 21.5. The summed E-state index contributed by atoms with van der Waals surface area (Å²) in [5.74, 6) is -0.753. The van der Waals surface area contributed by atoms with Crippen molar-refractivity contribution in [2.45, 2.75) is 70.8 Å². The molecule has 38 heavy (non-hydrogen) atoms. The zero-order valence-electron chi connectivity index (χ0n) is 21.5. The lowest BCUT2D eigenvalue weighted by atomic mass is 10.0. The molecule has 3 aromatic rings. The second-order valence-electron chi connectivity index (χ2n) is 10.3. The van der Waals surface area contributed by atoms with E-state index < -0.39 is 42.0 Å². The van der Waals surface area contributed by atoms with Crippen molar-refractivity contribution in [2.24, 2.45) is 5.92 Å². The fourth-order valence-corrected chi connectivity index (χ4v) is 4.90. The van der Waals surface area contributed by atoms with Crippen LogP contribution in [0.15, 0.2) is 18.5 Å². The van der Waals surface area contributed by atoms with Gasteiger partial charge in [0.05, 0.1) is 29.3 Å². The maximum absolute atomic E-state index is 15.5. The van der Waals surface area contributed by atoms with Crippen molar-refractivity contribution in [2.75, 3.05) is 6.61 Å². The molecule has 202 valence electrons. The molecule has 0 unspecified atom stereocenters. The van der Waals surface area contributed by atoms with Crippen LogP contribution < -0.4 is 15.4 Å². The van der Waals surface area contributed by atoms with Crippen molar-refractivity contribution in [3.05, 3.63) is 41.1 Å². The number of hydrogen-bond donors (Lipinski definition) is 4. The van der Waals surface area contributed by atoms with E-state index in [2.05, 4.69) is 25.6 Å². The van der Waals surface area contributed by atoms with E-state index in [1.807, 2.05) is 0 Å². The minimum absolute atomic E-state index is 0.0266. The molecule has 2 heterocycles. The molecule has 11 heteroatoms. The first-order valence-corrected chi connectivity index (χ1v) is 12.8. The first-order chi connectivity index (χ1) is 18.1. The maximum Gasteiger partial charge on any atom is 0.255 e. The van der Waals surface area contributed by atoms with Gasteiger partial charge in [-0.15, -0.1) is 0 Å². The van der Waals surface area contributed by atoms with Gasteiger partial charge in [-0.1, -0.05) is 6.07 Å². The van der Waals surface area contributed by atoms with Crippen molar-refractivity contribution in [3.63, 3.8) is 0 Å². The number of aromatic amines is 1. The summed E-state index contributed by atoms with van der Waals surface area (Å²) in [7, 11) is 0. The van der Waals surface area contributed by atoms with Gasteiger partial charge in [-0.25, -0.2) is 18.7 Å². The van der Waals surface area contributed by atoms with Crippen LogP contribution in [0.4, 0.5) is 8.78 Å². The van der Waals surface area contributed by atoms with Crippen LogP contribution in [0.5, 0.6) is 5.75 Å².